The number of hydrogen-bond acceptors (Lipinski definition) is 5. The maximum absolute atomic E-state index is 4.97. The van der Waals surface area contributed by atoms with Crippen LogP contribution in [-0.4, -0.2) is 39.0 Å². The molecule has 1 atom stereocenters. The highest BCUT2D eigenvalue weighted by atomic mass is 32.2. The smallest absolute Gasteiger partial charge is 0.180 e. The number of nitrogens with zero attached hydrogens (tertiary/aromatic N) is 4. The van der Waals surface area contributed by atoms with Crippen LogP contribution in [0.3, 0.4) is 0 Å². The van der Waals surface area contributed by atoms with Crippen LogP contribution in [0, 0.1) is 0 Å². The fourth-order valence-electron chi connectivity index (χ4n) is 3.47. The topological polar surface area (TPSA) is 41.9 Å². The zero-order chi connectivity index (χ0) is 15.6. The van der Waals surface area contributed by atoms with Gasteiger partial charge in [-0.1, -0.05) is 6.07 Å². The summed E-state index contributed by atoms with van der Waals surface area (Å²) in [4.78, 5) is 16.8. The van der Waals surface area contributed by atoms with E-state index < -0.39 is 0 Å². The van der Waals surface area contributed by atoms with Crippen LogP contribution in [0.5, 0.6) is 0 Å². The highest BCUT2D eigenvalue weighted by Crippen LogP contribution is 2.33. The van der Waals surface area contributed by atoms with Gasteiger partial charge in [0.2, 0.25) is 0 Å². The monoisotopic (exact) mass is 326 g/mol. The predicted octanol–water partition coefficient (Wildman–Crippen LogP) is 3.36. The van der Waals surface area contributed by atoms with Crippen molar-refractivity contribution < 1.29 is 0 Å². The first-order valence-electron chi connectivity index (χ1n) is 8.48. The lowest BCUT2D eigenvalue weighted by Crippen LogP contribution is -2.35. The molecule has 1 aliphatic heterocycles. The van der Waals surface area contributed by atoms with Gasteiger partial charge in [0.15, 0.2) is 5.82 Å². The lowest BCUT2D eigenvalue weighted by atomic mass is 10.1. The summed E-state index contributed by atoms with van der Waals surface area (Å²) in [5, 5.41) is 0. The van der Waals surface area contributed by atoms with E-state index in [1.165, 1.54) is 41.4 Å². The molecule has 2 aromatic heterocycles. The first kappa shape index (κ1) is 14.9. The maximum atomic E-state index is 4.97. The van der Waals surface area contributed by atoms with Crippen molar-refractivity contribution in [3.8, 4) is 11.5 Å². The minimum Gasteiger partial charge on any atom is -0.353 e. The third-order valence-corrected chi connectivity index (χ3v) is 5.76. The molecule has 3 heterocycles. The highest BCUT2D eigenvalue weighted by molar-refractivity contribution is 7.99. The van der Waals surface area contributed by atoms with Gasteiger partial charge in [-0.05, 0) is 50.5 Å². The molecule has 2 aliphatic rings. The molecule has 1 aliphatic carbocycles. The Morgan fingerprint density at radius 1 is 1.17 bits per heavy atom. The van der Waals surface area contributed by atoms with E-state index in [0.29, 0.717) is 6.04 Å². The molecule has 0 N–H and O–H groups in total. The number of aryl methyl sites for hydroxylation is 1. The summed E-state index contributed by atoms with van der Waals surface area (Å²) in [6, 6.07) is 6.49. The van der Waals surface area contributed by atoms with Crippen LogP contribution in [0.4, 0.5) is 5.82 Å². The largest absolute Gasteiger partial charge is 0.353 e. The van der Waals surface area contributed by atoms with Gasteiger partial charge in [0.25, 0.3) is 0 Å². The first-order valence-corrected chi connectivity index (χ1v) is 9.64. The van der Waals surface area contributed by atoms with Gasteiger partial charge in [-0.15, -0.1) is 0 Å². The van der Waals surface area contributed by atoms with Gasteiger partial charge < -0.3 is 4.90 Å². The second-order valence-electron chi connectivity index (χ2n) is 6.31. The Labute approximate surface area is 141 Å². The molecule has 1 unspecified atom stereocenters. The van der Waals surface area contributed by atoms with Crippen LogP contribution in [0.2, 0.25) is 0 Å². The molecule has 0 spiro atoms. The van der Waals surface area contributed by atoms with Gasteiger partial charge in [-0.25, -0.2) is 9.97 Å². The second kappa shape index (κ2) is 6.48. The Kier molecular flexibility index (Phi) is 4.21. The molecule has 5 heteroatoms. The van der Waals surface area contributed by atoms with E-state index in [9.17, 15) is 0 Å². The Hall–Kier alpha value is -1.62. The Balaban J connectivity index is 1.80. The van der Waals surface area contributed by atoms with Crippen molar-refractivity contribution in [2.75, 3.05) is 23.0 Å². The Morgan fingerprint density at radius 2 is 2.13 bits per heavy atom. The van der Waals surface area contributed by atoms with E-state index in [1.807, 2.05) is 24.4 Å². The zero-order valence-corrected chi connectivity index (χ0v) is 14.4. The van der Waals surface area contributed by atoms with Crippen molar-refractivity contribution >= 4 is 17.6 Å². The summed E-state index contributed by atoms with van der Waals surface area (Å²) in [7, 11) is 0. The van der Waals surface area contributed by atoms with Gasteiger partial charge in [0, 0.05) is 35.8 Å². The van der Waals surface area contributed by atoms with Crippen molar-refractivity contribution in [1.82, 2.24) is 15.0 Å². The van der Waals surface area contributed by atoms with Gasteiger partial charge in [-0.3, -0.25) is 4.98 Å². The van der Waals surface area contributed by atoms with Crippen LogP contribution in [0.15, 0.2) is 24.4 Å². The summed E-state index contributed by atoms with van der Waals surface area (Å²) in [5.74, 6) is 4.38. The number of aromatic nitrogens is 3. The Morgan fingerprint density at radius 3 is 3.00 bits per heavy atom. The molecule has 4 rings (SSSR count). The van der Waals surface area contributed by atoms with E-state index in [2.05, 4.69) is 28.6 Å². The molecule has 0 radical (unpaired) electrons. The highest BCUT2D eigenvalue weighted by Gasteiger charge is 2.27. The van der Waals surface area contributed by atoms with Crippen molar-refractivity contribution in [1.29, 1.82) is 0 Å². The minimum absolute atomic E-state index is 0.543. The lowest BCUT2D eigenvalue weighted by molar-refractivity contribution is 0.635. The second-order valence-corrected chi connectivity index (χ2v) is 7.53. The molecule has 1 saturated heterocycles. The molecule has 0 saturated carbocycles. The molecule has 1 fully saturated rings. The standard InChI is InChI=1S/C18H22N4S/c1-13-8-11-23-12-10-22(13)18-14-5-4-7-15(14)20-17(21-18)16-6-2-3-9-19-16/h2-3,6,9,13H,4-5,7-8,10-12H2,1H3. The molecule has 120 valence electrons. The van der Waals surface area contributed by atoms with Crippen LogP contribution in [0.25, 0.3) is 11.5 Å². The molecule has 4 nitrogen and oxygen atoms in total. The lowest BCUT2D eigenvalue weighted by Gasteiger charge is -2.30. The number of thioether (sulfide) groups is 1. The average Bonchev–Trinajstić information content (AvgIpc) is 2.96. The summed E-state index contributed by atoms with van der Waals surface area (Å²) >= 11 is 2.05. The van der Waals surface area contributed by atoms with E-state index in [-0.39, 0.29) is 0 Å². The van der Waals surface area contributed by atoms with E-state index >= 15 is 0 Å². The number of pyridine rings is 1. The molecule has 0 amide bonds. The zero-order valence-electron chi connectivity index (χ0n) is 13.5. The molecule has 0 aromatic carbocycles. The van der Waals surface area contributed by atoms with E-state index in [4.69, 9.17) is 9.97 Å². The first-order chi connectivity index (χ1) is 11.3. The molecule has 2 aromatic rings. The number of anilines is 1. The minimum atomic E-state index is 0.543. The normalized spacial score (nSPS) is 21.1. The SMILES string of the molecule is CC1CCSCCN1c1nc(-c2ccccn2)nc2c1CCC2. The van der Waals surface area contributed by atoms with Gasteiger partial charge >= 0.3 is 0 Å². The third-order valence-electron chi connectivity index (χ3n) is 4.77. The van der Waals surface area contributed by atoms with Crippen LogP contribution in [0.1, 0.15) is 31.0 Å². The quantitative estimate of drug-likeness (QED) is 0.846. The predicted molar refractivity (Wildman–Crippen MR) is 96.0 cm³/mol. The molecule has 0 bridgehead atoms. The van der Waals surface area contributed by atoms with Gasteiger partial charge in [0.1, 0.15) is 11.5 Å². The summed E-state index contributed by atoms with van der Waals surface area (Å²) in [6.45, 7) is 3.41. The van der Waals surface area contributed by atoms with Gasteiger partial charge in [-0.2, -0.15) is 11.8 Å². The van der Waals surface area contributed by atoms with Crippen molar-refractivity contribution in [2.24, 2.45) is 0 Å². The fourth-order valence-corrected chi connectivity index (χ4v) is 4.51. The molecule has 23 heavy (non-hydrogen) atoms. The average molecular weight is 326 g/mol. The van der Waals surface area contributed by atoms with Crippen molar-refractivity contribution in [3.05, 3.63) is 35.7 Å². The Bertz CT molecular complexity index is 689. The molecular weight excluding hydrogens is 304 g/mol. The summed E-state index contributed by atoms with van der Waals surface area (Å²) in [6.07, 6.45) is 6.42. The van der Waals surface area contributed by atoms with Gasteiger partial charge in [0.05, 0.1) is 0 Å². The molecular formula is C18H22N4S. The number of fused-ring (bicyclic) bond motifs is 1. The van der Waals surface area contributed by atoms with E-state index in [0.717, 1.165) is 30.9 Å². The maximum Gasteiger partial charge on any atom is 0.180 e. The number of rotatable bonds is 2. The van der Waals surface area contributed by atoms with Crippen molar-refractivity contribution in [2.45, 2.75) is 38.6 Å². The fraction of sp³-hybridized carbons (Fsp3) is 0.500. The summed E-state index contributed by atoms with van der Waals surface area (Å²) < 4.78 is 0. The summed E-state index contributed by atoms with van der Waals surface area (Å²) in [5.41, 5.74) is 3.49. The van der Waals surface area contributed by atoms with Crippen LogP contribution in [-0.2, 0) is 12.8 Å². The van der Waals surface area contributed by atoms with Crippen LogP contribution < -0.4 is 4.90 Å². The number of hydrogen-bond donors (Lipinski definition) is 0. The van der Waals surface area contributed by atoms with E-state index in [1.54, 1.807) is 0 Å². The third kappa shape index (κ3) is 2.94. The van der Waals surface area contributed by atoms with Crippen LogP contribution >= 0.6 is 11.8 Å². The van der Waals surface area contributed by atoms with Crippen molar-refractivity contribution in [3.63, 3.8) is 0 Å².